The van der Waals surface area contributed by atoms with Crippen LogP contribution >= 0.6 is 23.4 Å². The number of unbranched alkanes of at least 4 members (excludes halogenated alkanes) is 3. The maximum Gasteiger partial charge on any atom is 0.311 e. The van der Waals surface area contributed by atoms with Crippen molar-refractivity contribution in [1.82, 2.24) is 4.90 Å². The summed E-state index contributed by atoms with van der Waals surface area (Å²) in [7, 11) is 0. The third-order valence-corrected chi connectivity index (χ3v) is 10.6. The lowest BCUT2D eigenvalue weighted by Crippen LogP contribution is -2.55. The minimum Gasteiger partial charge on any atom is -0.465 e. The number of allylic oxidation sites excluding steroid dienone is 1. The number of esters is 1. The Bertz CT molecular complexity index is 1100. The molecule has 212 valence electrons. The van der Waals surface area contributed by atoms with Crippen LogP contribution in [0.4, 0.5) is 5.69 Å². The molecule has 3 saturated heterocycles. The van der Waals surface area contributed by atoms with Crippen LogP contribution in [-0.4, -0.2) is 69.6 Å². The van der Waals surface area contributed by atoms with E-state index in [2.05, 4.69) is 13.2 Å². The van der Waals surface area contributed by atoms with Gasteiger partial charge < -0.3 is 19.6 Å². The smallest absolute Gasteiger partial charge is 0.311 e. The molecule has 3 aliphatic heterocycles. The Kier molecular flexibility index (Phi) is 9.50. The van der Waals surface area contributed by atoms with Crippen LogP contribution in [0.1, 0.15) is 51.9 Å². The van der Waals surface area contributed by atoms with E-state index in [1.165, 1.54) is 0 Å². The number of fused-ring (bicyclic) bond motifs is 1. The van der Waals surface area contributed by atoms with Gasteiger partial charge in [0.1, 0.15) is 6.04 Å². The SMILES string of the molecule is C=CCCCOC(=O)[C@@H]1[C@H]2C(=O)N(CCCCCO)C(C(=O)N(CC=C)c3ccc(Cl)cc3)C23CC[C@@]1(C)S3. The quantitative estimate of drug-likeness (QED) is 0.191. The number of amides is 2. The van der Waals surface area contributed by atoms with Gasteiger partial charge in [-0.05, 0) is 76.1 Å². The molecule has 0 saturated carbocycles. The summed E-state index contributed by atoms with van der Waals surface area (Å²) in [4.78, 5) is 45.5. The van der Waals surface area contributed by atoms with Crippen LogP contribution in [0.2, 0.25) is 5.02 Å². The van der Waals surface area contributed by atoms with Crippen molar-refractivity contribution in [2.75, 3.05) is 31.2 Å². The molecular formula is C30H39ClN2O5S. The molecule has 3 fully saturated rings. The number of aliphatic hydroxyl groups excluding tert-OH is 1. The number of hydrogen-bond acceptors (Lipinski definition) is 6. The Morgan fingerprint density at radius 3 is 2.59 bits per heavy atom. The van der Waals surface area contributed by atoms with E-state index in [0.29, 0.717) is 42.9 Å². The number of carbonyl (C=O) groups is 3. The molecule has 0 aliphatic carbocycles. The Morgan fingerprint density at radius 1 is 1.18 bits per heavy atom. The van der Waals surface area contributed by atoms with Crippen LogP contribution in [0.3, 0.4) is 0 Å². The van der Waals surface area contributed by atoms with Gasteiger partial charge in [0.05, 0.1) is 23.2 Å². The molecule has 0 aromatic heterocycles. The summed E-state index contributed by atoms with van der Waals surface area (Å²) in [6, 6.07) is 6.35. The van der Waals surface area contributed by atoms with Crippen LogP contribution in [0.25, 0.3) is 0 Å². The minimum absolute atomic E-state index is 0.0839. The second-order valence-corrected chi connectivity index (χ2v) is 13.2. The Labute approximate surface area is 240 Å². The number of likely N-dealkylation sites (tertiary alicyclic amines) is 1. The van der Waals surface area contributed by atoms with E-state index in [9.17, 15) is 19.5 Å². The van der Waals surface area contributed by atoms with Crippen molar-refractivity contribution in [2.24, 2.45) is 11.8 Å². The van der Waals surface area contributed by atoms with E-state index in [-0.39, 0.29) is 37.5 Å². The summed E-state index contributed by atoms with van der Waals surface area (Å²) in [5, 5.41) is 9.82. The molecule has 0 radical (unpaired) electrons. The number of hydrogen-bond donors (Lipinski definition) is 1. The van der Waals surface area contributed by atoms with Gasteiger partial charge in [0.25, 0.3) is 5.91 Å². The third kappa shape index (κ3) is 5.52. The van der Waals surface area contributed by atoms with Crippen LogP contribution in [-0.2, 0) is 19.1 Å². The number of nitrogens with zero attached hydrogens (tertiary/aromatic N) is 2. The van der Waals surface area contributed by atoms with Gasteiger partial charge in [-0.1, -0.05) is 23.8 Å². The first-order valence-corrected chi connectivity index (χ1v) is 15.0. The van der Waals surface area contributed by atoms with Crippen molar-refractivity contribution in [2.45, 2.75) is 67.4 Å². The predicted octanol–water partition coefficient (Wildman–Crippen LogP) is 5.01. The van der Waals surface area contributed by atoms with Crippen molar-refractivity contribution in [1.29, 1.82) is 0 Å². The van der Waals surface area contributed by atoms with Gasteiger partial charge >= 0.3 is 5.97 Å². The van der Waals surface area contributed by atoms with E-state index in [1.54, 1.807) is 58.0 Å². The maximum absolute atomic E-state index is 14.5. The van der Waals surface area contributed by atoms with E-state index in [1.807, 2.05) is 6.92 Å². The monoisotopic (exact) mass is 574 g/mol. The molecule has 5 atom stereocenters. The van der Waals surface area contributed by atoms with E-state index in [0.717, 1.165) is 19.3 Å². The number of anilines is 1. The Morgan fingerprint density at radius 2 is 1.92 bits per heavy atom. The summed E-state index contributed by atoms with van der Waals surface area (Å²) in [6.45, 7) is 10.7. The highest BCUT2D eigenvalue weighted by molar-refractivity contribution is 8.02. The average Bonchev–Trinajstić information content (AvgIpc) is 3.48. The van der Waals surface area contributed by atoms with Gasteiger partial charge in [0, 0.05) is 35.2 Å². The molecule has 2 amide bonds. The summed E-state index contributed by atoms with van der Waals surface area (Å²) in [5.41, 5.74) is 0.679. The number of carbonyl (C=O) groups excluding carboxylic acids is 3. The van der Waals surface area contributed by atoms with Gasteiger partial charge in [-0.15, -0.1) is 24.9 Å². The molecule has 39 heavy (non-hydrogen) atoms. The number of ether oxygens (including phenoxy) is 1. The first-order chi connectivity index (χ1) is 18.7. The zero-order chi connectivity index (χ0) is 28.2. The van der Waals surface area contributed by atoms with Gasteiger partial charge in [0.15, 0.2) is 0 Å². The molecule has 1 spiro atoms. The average molecular weight is 575 g/mol. The van der Waals surface area contributed by atoms with E-state index < -0.39 is 27.4 Å². The highest BCUT2D eigenvalue weighted by atomic mass is 35.5. The van der Waals surface area contributed by atoms with Crippen molar-refractivity contribution in [3.05, 3.63) is 54.6 Å². The zero-order valence-electron chi connectivity index (χ0n) is 22.6. The lowest BCUT2D eigenvalue weighted by atomic mass is 9.66. The maximum atomic E-state index is 14.5. The fourth-order valence-electron chi connectivity index (χ4n) is 6.58. The van der Waals surface area contributed by atoms with E-state index in [4.69, 9.17) is 16.3 Å². The zero-order valence-corrected chi connectivity index (χ0v) is 24.2. The standard InChI is InChI=1S/C30H39ClN2O5S/c1-4-6-10-20-38-28(37)24-23-26(35)33(18-8-7-9-19-34)25(30(23)16-15-29(24,3)39-30)27(36)32(17-5-2)22-13-11-21(31)12-14-22/h4-5,11-14,23-25,34H,1-2,6-10,15-20H2,3H3/t23-,24-,25?,29+,30?/m0/s1. The summed E-state index contributed by atoms with van der Waals surface area (Å²) in [5.74, 6) is -1.88. The molecule has 1 aromatic rings. The van der Waals surface area contributed by atoms with E-state index >= 15 is 0 Å². The predicted molar refractivity (Wildman–Crippen MR) is 156 cm³/mol. The van der Waals surface area contributed by atoms with Crippen molar-refractivity contribution < 1.29 is 24.2 Å². The largest absolute Gasteiger partial charge is 0.465 e. The van der Waals surface area contributed by atoms with Crippen LogP contribution in [0, 0.1) is 11.8 Å². The molecule has 7 nitrogen and oxygen atoms in total. The highest BCUT2D eigenvalue weighted by Gasteiger charge is 2.77. The molecule has 9 heteroatoms. The van der Waals surface area contributed by atoms with Crippen molar-refractivity contribution in [3.8, 4) is 0 Å². The number of rotatable bonds is 14. The molecule has 3 heterocycles. The third-order valence-electron chi connectivity index (χ3n) is 8.33. The van der Waals surface area contributed by atoms with Crippen LogP contribution in [0.5, 0.6) is 0 Å². The first-order valence-electron chi connectivity index (χ1n) is 13.8. The van der Waals surface area contributed by atoms with Gasteiger partial charge in [-0.2, -0.15) is 0 Å². The van der Waals surface area contributed by atoms with Gasteiger partial charge in [0.2, 0.25) is 5.91 Å². The highest BCUT2D eigenvalue weighted by Crippen LogP contribution is 2.71. The first kappa shape index (κ1) is 29.7. The molecule has 4 rings (SSSR count). The van der Waals surface area contributed by atoms with Gasteiger partial charge in [-0.3, -0.25) is 14.4 Å². The molecule has 3 aliphatic rings. The number of thioether (sulfide) groups is 1. The lowest BCUT2D eigenvalue weighted by Gasteiger charge is -2.37. The lowest BCUT2D eigenvalue weighted by molar-refractivity contribution is -0.155. The summed E-state index contributed by atoms with van der Waals surface area (Å²) in [6.07, 6.45) is 8.35. The second kappa shape index (κ2) is 12.5. The van der Waals surface area contributed by atoms with Crippen molar-refractivity contribution >= 4 is 46.8 Å². The molecule has 2 unspecified atom stereocenters. The van der Waals surface area contributed by atoms with Crippen LogP contribution in [0.15, 0.2) is 49.6 Å². The summed E-state index contributed by atoms with van der Waals surface area (Å²) >= 11 is 7.76. The number of halogens is 1. The fourth-order valence-corrected chi connectivity index (χ4v) is 9.05. The molecule has 1 aromatic carbocycles. The normalized spacial score (nSPS) is 28.8. The topological polar surface area (TPSA) is 87.1 Å². The van der Waals surface area contributed by atoms with Crippen LogP contribution < -0.4 is 4.90 Å². The number of aliphatic hydroxyl groups is 1. The van der Waals surface area contributed by atoms with Gasteiger partial charge in [-0.25, -0.2) is 0 Å². The molecule has 1 N–H and O–H groups in total. The number of benzene rings is 1. The molecular weight excluding hydrogens is 536 g/mol. The second-order valence-electron chi connectivity index (χ2n) is 10.9. The van der Waals surface area contributed by atoms with Crippen molar-refractivity contribution in [3.63, 3.8) is 0 Å². The summed E-state index contributed by atoms with van der Waals surface area (Å²) < 4.78 is 4.51. The fraction of sp³-hybridized carbons (Fsp3) is 0.567. The minimum atomic E-state index is -0.717. The molecule has 2 bridgehead atoms. The Hall–Kier alpha value is -2.29. The Balaban J connectivity index is 1.70.